The number of hydrogen-bond acceptors (Lipinski definition) is 5. The molecule has 0 saturated heterocycles. The van der Waals surface area contributed by atoms with E-state index >= 15 is 0 Å². The first-order valence-corrected chi connectivity index (χ1v) is 8.07. The first kappa shape index (κ1) is 16.8. The van der Waals surface area contributed by atoms with Crippen molar-refractivity contribution < 1.29 is 19.1 Å². The minimum atomic E-state index is -1.30. The second-order valence-corrected chi connectivity index (χ2v) is 5.71. The van der Waals surface area contributed by atoms with Crippen molar-refractivity contribution in [3.8, 4) is 16.9 Å². The van der Waals surface area contributed by atoms with E-state index in [0.717, 1.165) is 28.5 Å². The zero-order valence-electron chi connectivity index (χ0n) is 13.8. The lowest BCUT2D eigenvalue weighted by molar-refractivity contribution is -0.307. The van der Waals surface area contributed by atoms with Crippen molar-refractivity contribution in [1.82, 2.24) is 0 Å². The molecule has 0 amide bonds. The van der Waals surface area contributed by atoms with E-state index in [1.54, 1.807) is 6.07 Å². The van der Waals surface area contributed by atoms with Gasteiger partial charge in [-0.2, -0.15) is 0 Å². The van der Waals surface area contributed by atoms with E-state index in [1.807, 2.05) is 43.3 Å². The van der Waals surface area contributed by atoms with Crippen LogP contribution < -0.4 is 15.5 Å². The van der Waals surface area contributed by atoms with Crippen LogP contribution >= 0.6 is 0 Å². The first-order chi connectivity index (χ1) is 12.1. The van der Waals surface area contributed by atoms with Gasteiger partial charge in [-0.3, -0.25) is 0 Å². The van der Waals surface area contributed by atoms with E-state index in [9.17, 15) is 14.7 Å². The number of aliphatic carboxylic acids is 1. The van der Waals surface area contributed by atoms with Crippen molar-refractivity contribution in [2.45, 2.75) is 19.8 Å². The summed E-state index contributed by atoms with van der Waals surface area (Å²) in [5.41, 5.74) is 2.43. The summed E-state index contributed by atoms with van der Waals surface area (Å²) in [5.74, 6) is -0.908. The maximum Gasteiger partial charge on any atom is 0.336 e. The van der Waals surface area contributed by atoms with Gasteiger partial charge in [-0.1, -0.05) is 43.7 Å². The third kappa shape index (κ3) is 3.71. The molecule has 0 N–H and O–H groups in total. The topological polar surface area (TPSA) is 79.6 Å². The Kier molecular flexibility index (Phi) is 4.84. The van der Waals surface area contributed by atoms with Crippen LogP contribution in [0.3, 0.4) is 0 Å². The van der Waals surface area contributed by atoms with Gasteiger partial charge in [0.1, 0.15) is 17.9 Å². The summed E-state index contributed by atoms with van der Waals surface area (Å²) in [5, 5.41) is 11.5. The maximum absolute atomic E-state index is 12.0. The molecule has 0 aliphatic rings. The van der Waals surface area contributed by atoms with Crippen molar-refractivity contribution in [3.63, 3.8) is 0 Å². The number of carbonyl (C=O) groups is 1. The first-order valence-electron chi connectivity index (χ1n) is 8.07. The second kappa shape index (κ2) is 7.21. The highest BCUT2D eigenvalue weighted by molar-refractivity contribution is 5.94. The van der Waals surface area contributed by atoms with Crippen LogP contribution in [0.4, 0.5) is 0 Å². The number of aryl methyl sites for hydroxylation is 1. The molecule has 0 bridgehead atoms. The molecule has 25 heavy (non-hydrogen) atoms. The molecule has 1 heterocycles. The van der Waals surface area contributed by atoms with Crippen LogP contribution in [0.1, 0.15) is 18.9 Å². The molecule has 3 aromatic rings. The van der Waals surface area contributed by atoms with E-state index < -0.39 is 18.2 Å². The van der Waals surface area contributed by atoms with E-state index in [1.165, 1.54) is 6.07 Å². The summed E-state index contributed by atoms with van der Waals surface area (Å²) in [6.07, 6.45) is 1.58. The summed E-state index contributed by atoms with van der Waals surface area (Å²) in [6, 6.07) is 14.5. The number of carboxylic acid groups (broad SMARTS) is 1. The standard InChI is InChI=1S/C20H18O5/c1-2-6-14-9-16-15(13-7-4-3-5-8-13)10-20(23)25-18(16)11-17(14)24-12-19(21)22/h3-5,7-11H,2,6,12H2,1H3,(H,21,22)/p-1. The lowest BCUT2D eigenvalue weighted by atomic mass is 9.98. The van der Waals surface area contributed by atoms with Crippen molar-refractivity contribution in [3.05, 3.63) is 64.5 Å². The maximum atomic E-state index is 12.0. The molecule has 0 aliphatic heterocycles. The zero-order valence-corrected chi connectivity index (χ0v) is 13.8. The van der Waals surface area contributed by atoms with Crippen molar-refractivity contribution in [2.75, 3.05) is 6.61 Å². The SMILES string of the molecule is CCCc1cc2c(-c3ccccc3)cc(=O)oc2cc1OCC(=O)[O-]. The van der Waals surface area contributed by atoms with Gasteiger partial charge >= 0.3 is 5.63 Å². The number of benzene rings is 2. The normalized spacial score (nSPS) is 10.8. The fourth-order valence-corrected chi connectivity index (χ4v) is 2.83. The van der Waals surface area contributed by atoms with Gasteiger partial charge in [0.2, 0.25) is 0 Å². The molecule has 0 spiro atoms. The summed E-state index contributed by atoms with van der Waals surface area (Å²) >= 11 is 0. The van der Waals surface area contributed by atoms with Crippen molar-refractivity contribution in [2.24, 2.45) is 0 Å². The molecule has 0 atom stereocenters. The van der Waals surface area contributed by atoms with Crippen LogP contribution in [0.25, 0.3) is 22.1 Å². The summed E-state index contributed by atoms with van der Waals surface area (Å²) in [6.45, 7) is 1.47. The molecule has 0 radical (unpaired) electrons. The van der Waals surface area contributed by atoms with Gasteiger partial charge in [-0.05, 0) is 29.2 Å². The van der Waals surface area contributed by atoms with Crippen LogP contribution in [0.15, 0.2) is 57.7 Å². The average Bonchev–Trinajstić information content (AvgIpc) is 2.60. The van der Waals surface area contributed by atoms with Gasteiger partial charge in [-0.15, -0.1) is 0 Å². The Bertz CT molecular complexity index is 957. The van der Waals surface area contributed by atoms with E-state index in [-0.39, 0.29) is 0 Å². The molecule has 0 saturated carbocycles. The summed E-state index contributed by atoms with van der Waals surface area (Å²) in [4.78, 5) is 22.6. The Labute approximate surface area is 144 Å². The van der Waals surface area contributed by atoms with Crippen LogP contribution in [-0.4, -0.2) is 12.6 Å². The highest BCUT2D eigenvalue weighted by Crippen LogP contribution is 2.33. The van der Waals surface area contributed by atoms with Crippen LogP contribution in [0.2, 0.25) is 0 Å². The predicted octanol–water partition coefficient (Wildman–Crippen LogP) is 2.54. The molecule has 5 nitrogen and oxygen atoms in total. The monoisotopic (exact) mass is 337 g/mol. The van der Waals surface area contributed by atoms with Gasteiger partial charge in [0.05, 0.1) is 5.97 Å². The molecular formula is C20H17O5-. The second-order valence-electron chi connectivity index (χ2n) is 5.71. The number of carbonyl (C=O) groups excluding carboxylic acids is 1. The van der Waals surface area contributed by atoms with Gasteiger partial charge in [0, 0.05) is 17.5 Å². The molecule has 1 aromatic heterocycles. The van der Waals surface area contributed by atoms with Gasteiger partial charge in [0.25, 0.3) is 0 Å². The largest absolute Gasteiger partial charge is 0.546 e. The molecule has 128 valence electrons. The molecule has 0 fully saturated rings. The van der Waals surface area contributed by atoms with Crippen LogP contribution in [0.5, 0.6) is 5.75 Å². The quantitative estimate of drug-likeness (QED) is 0.646. The van der Waals surface area contributed by atoms with E-state index in [0.29, 0.717) is 17.8 Å². The Balaban J connectivity index is 2.21. The molecular weight excluding hydrogens is 320 g/mol. The molecule has 3 rings (SSSR count). The average molecular weight is 337 g/mol. The summed E-state index contributed by atoms with van der Waals surface area (Å²) in [7, 11) is 0. The van der Waals surface area contributed by atoms with Crippen LogP contribution in [-0.2, 0) is 11.2 Å². The predicted molar refractivity (Wildman–Crippen MR) is 92.4 cm³/mol. The van der Waals surface area contributed by atoms with Crippen molar-refractivity contribution in [1.29, 1.82) is 0 Å². The number of rotatable bonds is 6. The lowest BCUT2D eigenvalue weighted by Gasteiger charge is -2.14. The highest BCUT2D eigenvalue weighted by Gasteiger charge is 2.13. The smallest absolute Gasteiger partial charge is 0.336 e. The van der Waals surface area contributed by atoms with Gasteiger partial charge < -0.3 is 19.1 Å². The Morgan fingerprint density at radius 3 is 2.60 bits per heavy atom. The van der Waals surface area contributed by atoms with E-state index in [4.69, 9.17) is 9.15 Å². The third-order valence-electron chi connectivity index (χ3n) is 3.88. The van der Waals surface area contributed by atoms with Crippen molar-refractivity contribution >= 4 is 16.9 Å². The number of hydrogen-bond donors (Lipinski definition) is 0. The zero-order chi connectivity index (χ0) is 17.8. The fraction of sp³-hybridized carbons (Fsp3) is 0.200. The fourth-order valence-electron chi connectivity index (χ4n) is 2.83. The van der Waals surface area contributed by atoms with Gasteiger partial charge in [0.15, 0.2) is 0 Å². The summed E-state index contributed by atoms with van der Waals surface area (Å²) < 4.78 is 10.6. The minimum Gasteiger partial charge on any atom is -0.546 e. The molecule has 2 aromatic carbocycles. The number of fused-ring (bicyclic) bond motifs is 1. The van der Waals surface area contributed by atoms with E-state index in [2.05, 4.69) is 0 Å². The highest BCUT2D eigenvalue weighted by atomic mass is 16.5. The molecule has 0 unspecified atom stereocenters. The van der Waals surface area contributed by atoms with Gasteiger partial charge in [-0.25, -0.2) is 4.79 Å². The minimum absolute atomic E-state index is 0.361. The lowest BCUT2D eigenvalue weighted by Crippen LogP contribution is -2.29. The Morgan fingerprint density at radius 1 is 1.16 bits per heavy atom. The number of ether oxygens (including phenoxy) is 1. The Hall–Kier alpha value is -3.08. The Morgan fingerprint density at radius 2 is 1.92 bits per heavy atom. The van der Waals surface area contributed by atoms with Crippen LogP contribution in [0, 0.1) is 0 Å². The molecule has 0 aliphatic carbocycles. The molecule has 5 heteroatoms. The third-order valence-corrected chi connectivity index (χ3v) is 3.88. The number of carboxylic acids is 1.